The first-order valence-electron chi connectivity index (χ1n) is 11.2. The van der Waals surface area contributed by atoms with Crippen molar-refractivity contribution in [1.29, 1.82) is 0 Å². The summed E-state index contributed by atoms with van der Waals surface area (Å²) in [6, 6.07) is 12.2. The van der Waals surface area contributed by atoms with Crippen LogP contribution in [0.15, 0.2) is 53.6 Å². The van der Waals surface area contributed by atoms with Crippen LogP contribution < -0.4 is 5.32 Å². The summed E-state index contributed by atoms with van der Waals surface area (Å²) in [5, 5.41) is 2.84. The van der Waals surface area contributed by atoms with Crippen molar-refractivity contribution in [3.05, 3.63) is 65.4 Å². The summed E-state index contributed by atoms with van der Waals surface area (Å²) in [5.41, 5.74) is 2.95. The van der Waals surface area contributed by atoms with Gasteiger partial charge in [-0.3, -0.25) is 9.59 Å². The first-order valence-corrected chi connectivity index (χ1v) is 12.7. The third kappa shape index (κ3) is 4.86. The Morgan fingerprint density at radius 1 is 1.06 bits per heavy atom. The molecule has 174 valence electrons. The fourth-order valence-corrected chi connectivity index (χ4v) is 6.27. The van der Waals surface area contributed by atoms with E-state index in [0.29, 0.717) is 24.3 Å². The number of aryl methyl sites for hydroxylation is 1. The van der Waals surface area contributed by atoms with E-state index in [9.17, 15) is 18.0 Å². The molecule has 1 saturated heterocycles. The zero-order valence-electron chi connectivity index (χ0n) is 19.0. The van der Waals surface area contributed by atoms with Crippen molar-refractivity contribution >= 4 is 33.6 Å². The predicted molar refractivity (Wildman–Crippen MR) is 128 cm³/mol. The highest BCUT2D eigenvalue weighted by molar-refractivity contribution is 7.89. The first kappa shape index (κ1) is 23.2. The van der Waals surface area contributed by atoms with E-state index >= 15 is 0 Å². The van der Waals surface area contributed by atoms with Crippen molar-refractivity contribution in [1.82, 2.24) is 9.21 Å². The fourth-order valence-electron chi connectivity index (χ4n) is 4.50. The summed E-state index contributed by atoms with van der Waals surface area (Å²) >= 11 is 0. The van der Waals surface area contributed by atoms with E-state index in [2.05, 4.69) is 5.32 Å². The van der Waals surface area contributed by atoms with Crippen LogP contribution in [0.4, 0.5) is 5.69 Å². The standard InChI is InChI=1S/C25H29N3O4S/c1-18-10-11-21(16-24(18)33(31,32)27-13-6-3-7-14-27)26-25(30)17-23-22-9-5-4-8-20(22)12-15-28(23)19(2)29/h4-5,8-12,15-16,23H,3,6-7,13-14,17H2,1-2H3,(H,26,30)/t23-/m0/s1. The van der Waals surface area contributed by atoms with Crippen LogP contribution in [-0.2, 0) is 19.6 Å². The minimum absolute atomic E-state index is 0.0585. The zero-order valence-corrected chi connectivity index (χ0v) is 19.8. The second-order valence-electron chi connectivity index (χ2n) is 8.58. The van der Waals surface area contributed by atoms with E-state index in [1.54, 1.807) is 30.2 Å². The fraction of sp³-hybridized carbons (Fsp3) is 0.360. The lowest BCUT2D eigenvalue weighted by Crippen LogP contribution is -2.36. The number of hydrogen-bond donors (Lipinski definition) is 1. The average molecular weight is 468 g/mol. The number of fused-ring (bicyclic) bond motifs is 1. The zero-order chi connectivity index (χ0) is 23.6. The van der Waals surface area contributed by atoms with Crippen LogP contribution in [0.5, 0.6) is 0 Å². The molecule has 0 spiro atoms. The normalized spacial score (nSPS) is 18.6. The van der Waals surface area contributed by atoms with E-state index in [-0.39, 0.29) is 23.1 Å². The number of anilines is 1. The molecule has 2 aliphatic rings. The number of hydrogen-bond acceptors (Lipinski definition) is 4. The Labute approximate surface area is 195 Å². The summed E-state index contributed by atoms with van der Waals surface area (Å²) < 4.78 is 27.9. The molecule has 1 atom stereocenters. The lowest BCUT2D eigenvalue weighted by molar-refractivity contribution is -0.129. The highest BCUT2D eigenvalue weighted by atomic mass is 32.2. The van der Waals surface area contributed by atoms with Crippen molar-refractivity contribution in [3.8, 4) is 0 Å². The second kappa shape index (κ2) is 9.49. The van der Waals surface area contributed by atoms with Crippen LogP contribution in [-0.4, -0.2) is 42.5 Å². The van der Waals surface area contributed by atoms with Gasteiger partial charge in [-0.25, -0.2) is 8.42 Å². The molecule has 0 radical (unpaired) electrons. The number of benzene rings is 2. The van der Waals surface area contributed by atoms with Gasteiger partial charge in [0.25, 0.3) is 0 Å². The van der Waals surface area contributed by atoms with E-state index in [4.69, 9.17) is 0 Å². The molecule has 0 aliphatic carbocycles. The predicted octanol–water partition coefficient (Wildman–Crippen LogP) is 4.07. The number of amides is 2. The minimum atomic E-state index is -3.62. The molecule has 2 aromatic carbocycles. The van der Waals surface area contributed by atoms with Crippen molar-refractivity contribution in [2.24, 2.45) is 0 Å². The number of sulfonamides is 1. The molecular weight excluding hydrogens is 438 g/mol. The summed E-state index contributed by atoms with van der Waals surface area (Å²) in [4.78, 5) is 26.9. The summed E-state index contributed by atoms with van der Waals surface area (Å²) in [5.74, 6) is -0.440. The Morgan fingerprint density at radius 3 is 2.52 bits per heavy atom. The Kier molecular flexibility index (Phi) is 6.67. The van der Waals surface area contributed by atoms with Gasteiger partial charge in [0.2, 0.25) is 21.8 Å². The van der Waals surface area contributed by atoms with E-state index in [1.165, 1.54) is 17.3 Å². The molecular formula is C25H29N3O4S. The number of piperidine rings is 1. The monoisotopic (exact) mass is 467 g/mol. The van der Waals surface area contributed by atoms with Crippen molar-refractivity contribution < 1.29 is 18.0 Å². The Balaban J connectivity index is 1.55. The molecule has 4 rings (SSSR count). The highest BCUT2D eigenvalue weighted by Crippen LogP contribution is 2.33. The largest absolute Gasteiger partial charge is 0.326 e. The number of rotatable bonds is 5. The second-order valence-corrected chi connectivity index (χ2v) is 10.5. The van der Waals surface area contributed by atoms with Crippen molar-refractivity contribution in [2.75, 3.05) is 18.4 Å². The van der Waals surface area contributed by atoms with Gasteiger partial charge in [-0.1, -0.05) is 36.8 Å². The van der Waals surface area contributed by atoms with Crippen molar-refractivity contribution in [3.63, 3.8) is 0 Å². The maximum absolute atomic E-state index is 13.2. The molecule has 0 aromatic heterocycles. The molecule has 0 saturated carbocycles. The smallest absolute Gasteiger partial charge is 0.243 e. The van der Waals surface area contributed by atoms with Crippen LogP contribution in [0.3, 0.4) is 0 Å². The Hall–Kier alpha value is -2.97. The van der Waals surface area contributed by atoms with Gasteiger partial charge in [-0.15, -0.1) is 0 Å². The quantitative estimate of drug-likeness (QED) is 0.718. The molecule has 2 aromatic rings. The summed E-state index contributed by atoms with van der Waals surface area (Å²) in [7, 11) is -3.62. The van der Waals surface area contributed by atoms with Gasteiger partial charge >= 0.3 is 0 Å². The third-order valence-corrected chi connectivity index (χ3v) is 8.29. The Bertz CT molecular complexity index is 1200. The van der Waals surface area contributed by atoms with Crippen LogP contribution in [0.1, 0.15) is 55.3 Å². The molecule has 2 amide bonds. The van der Waals surface area contributed by atoms with Gasteiger partial charge in [-0.2, -0.15) is 4.31 Å². The summed E-state index contributed by atoms with van der Waals surface area (Å²) in [6.45, 7) is 4.28. The molecule has 2 aliphatic heterocycles. The van der Waals surface area contributed by atoms with Gasteiger partial charge < -0.3 is 10.2 Å². The van der Waals surface area contributed by atoms with E-state index in [1.807, 2.05) is 30.3 Å². The first-order chi connectivity index (χ1) is 15.8. The number of carbonyl (C=O) groups is 2. The van der Waals surface area contributed by atoms with Gasteiger partial charge in [0, 0.05) is 31.9 Å². The number of nitrogens with zero attached hydrogens (tertiary/aromatic N) is 2. The summed E-state index contributed by atoms with van der Waals surface area (Å²) in [6.07, 6.45) is 6.39. The SMILES string of the molecule is CC(=O)N1C=Cc2ccccc2[C@@H]1CC(=O)Nc1ccc(C)c(S(=O)(=O)N2CCCCC2)c1. The van der Waals surface area contributed by atoms with Crippen LogP contribution >= 0.6 is 0 Å². The highest BCUT2D eigenvalue weighted by Gasteiger charge is 2.30. The van der Waals surface area contributed by atoms with Crippen molar-refractivity contribution in [2.45, 2.75) is 50.5 Å². The van der Waals surface area contributed by atoms with Gasteiger partial charge in [0.05, 0.1) is 17.4 Å². The van der Waals surface area contributed by atoms with E-state index < -0.39 is 16.1 Å². The molecule has 7 nitrogen and oxygen atoms in total. The Morgan fingerprint density at radius 2 is 1.79 bits per heavy atom. The average Bonchev–Trinajstić information content (AvgIpc) is 2.80. The molecule has 0 unspecified atom stereocenters. The molecule has 33 heavy (non-hydrogen) atoms. The van der Waals surface area contributed by atoms with Gasteiger partial charge in [0.1, 0.15) is 0 Å². The molecule has 1 fully saturated rings. The van der Waals surface area contributed by atoms with Crippen LogP contribution in [0.2, 0.25) is 0 Å². The van der Waals surface area contributed by atoms with Gasteiger partial charge in [-0.05, 0) is 54.7 Å². The van der Waals surface area contributed by atoms with Crippen LogP contribution in [0, 0.1) is 6.92 Å². The number of nitrogens with one attached hydrogen (secondary N) is 1. The van der Waals surface area contributed by atoms with Gasteiger partial charge in [0.15, 0.2) is 0 Å². The maximum atomic E-state index is 13.2. The molecule has 2 heterocycles. The topological polar surface area (TPSA) is 86.8 Å². The van der Waals surface area contributed by atoms with Crippen LogP contribution in [0.25, 0.3) is 6.08 Å². The van der Waals surface area contributed by atoms with E-state index in [0.717, 1.165) is 30.4 Å². The minimum Gasteiger partial charge on any atom is -0.326 e. The third-order valence-electron chi connectivity index (χ3n) is 6.25. The maximum Gasteiger partial charge on any atom is 0.243 e. The number of carbonyl (C=O) groups excluding carboxylic acids is 2. The molecule has 0 bridgehead atoms. The lowest BCUT2D eigenvalue weighted by Gasteiger charge is -2.32. The molecule has 1 N–H and O–H groups in total. The molecule has 8 heteroatoms. The lowest BCUT2D eigenvalue weighted by atomic mass is 9.93.